The number of aromatic nitrogens is 4. The van der Waals surface area contributed by atoms with Crippen LogP contribution < -0.4 is 10.2 Å². The summed E-state index contributed by atoms with van der Waals surface area (Å²) in [5, 5.41) is 3.37. The summed E-state index contributed by atoms with van der Waals surface area (Å²) < 4.78 is 0. The third-order valence-electron chi connectivity index (χ3n) is 2.89. The lowest BCUT2D eigenvalue weighted by Gasteiger charge is -2.15. The van der Waals surface area contributed by atoms with Crippen LogP contribution in [0.5, 0.6) is 0 Å². The second-order valence-corrected chi connectivity index (χ2v) is 5.55. The van der Waals surface area contributed by atoms with Gasteiger partial charge in [0.05, 0.1) is 12.1 Å². The molecule has 1 aliphatic heterocycles. The van der Waals surface area contributed by atoms with Gasteiger partial charge < -0.3 is 10.2 Å². The summed E-state index contributed by atoms with van der Waals surface area (Å²) in [6, 6.07) is 0. The standard InChI is InChI=1S/C11H13ClN6S/c12-9-15-10(14-6-8-5-13-7-19-8)17-11(16-9)18-3-1-2-4-18/h5,7H,1-4,6H2,(H,14,15,16,17). The molecule has 0 atom stereocenters. The van der Waals surface area contributed by atoms with E-state index in [0.717, 1.165) is 18.0 Å². The Balaban J connectivity index is 1.73. The average molecular weight is 297 g/mol. The van der Waals surface area contributed by atoms with Gasteiger partial charge in [0.15, 0.2) is 0 Å². The predicted octanol–water partition coefficient (Wildman–Crippen LogP) is 2.19. The molecule has 0 aromatic carbocycles. The van der Waals surface area contributed by atoms with Crippen molar-refractivity contribution in [2.24, 2.45) is 0 Å². The lowest BCUT2D eigenvalue weighted by molar-refractivity contribution is 0.877. The zero-order valence-electron chi connectivity index (χ0n) is 10.2. The quantitative estimate of drug-likeness (QED) is 0.933. The van der Waals surface area contributed by atoms with Crippen LogP contribution in [0.15, 0.2) is 11.7 Å². The maximum absolute atomic E-state index is 5.95. The molecule has 0 spiro atoms. The van der Waals surface area contributed by atoms with E-state index in [1.165, 1.54) is 12.8 Å². The number of halogens is 1. The highest BCUT2D eigenvalue weighted by Crippen LogP contribution is 2.19. The zero-order valence-corrected chi connectivity index (χ0v) is 11.8. The van der Waals surface area contributed by atoms with Crippen molar-refractivity contribution in [3.8, 4) is 0 Å². The Morgan fingerprint density at radius 3 is 2.84 bits per heavy atom. The fourth-order valence-corrected chi connectivity index (χ4v) is 2.66. The highest BCUT2D eigenvalue weighted by Gasteiger charge is 2.16. The predicted molar refractivity (Wildman–Crippen MR) is 75.7 cm³/mol. The van der Waals surface area contributed by atoms with Crippen LogP contribution in [0.4, 0.5) is 11.9 Å². The molecule has 1 saturated heterocycles. The molecule has 2 aromatic heterocycles. The topological polar surface area (TPSA) is 66.8 Å². The molecule has 0 amide bonds. The van der Waals surface area contributed by atoms with Crippen LogP contribution in [0, 0.1) is 0 Å². The van der Waals surface area contributed by atoms with Gasteiger partial charge in [-0.2, -0.15) is 15.0 Å². The van der Waals surface area contributed by atoms with Crippen molar-refractivity contribution in [2.75, 3.05) is 23.3 Å². The lowest BCUT2D eigenvalue weighted by Crippen LogP contribution is -2.21. The Morgan fingerprint density at radius 1 is 1.26 bits per heavy atom. The van der Waals surface area contributed by atoms with E-state index in [1.807, 2.05) is 6.20 Å². The second-order valence-electron chi connectivity index (χ2n) is 4.24. The monoisotopic (exact) mass is 296 g/mol. The lowest BCUT2D eigenvalue weighted by atomic mass is 10.4. The Morgan fingerprint density at radius 2 is 2.11 bits per heavy atom. The Hall–Kier alpha value is -1.47. The SMILES string of the molecule is Clc1nc(NCc2cncs2)nc(N2CCCC2)n1. The molecule has 1 N–H and O–H groups in total. The summed E-state index contributed by atoms with van der Waals surface area (Å²) in [7, 11) is 0. The molecule has 0 bridgehead atoms. The molecule has 6 nitrogen and oxygen atoms in total. The largest absolute Gasteiger partial charge is 0.349 e. The van der Waals surface area contributed by atoms with Crippen molar-refractivity contribution in [3.05, 3.63) is 21.9 Å². The van der Waals surface area contributed by atoms with Gasteiger partial charge in [-0.05, 0) is 24.4 Å². The first kappa shape index (κ1) is 12.6. The summed E-state index contributed by atoms with van der Waals surface area (Å²) >= 11 is 7.54. The van der Waals surface area contributed by atoms with Crippen molar-refractivity contribution in [1.29, 1.82) is 0 Å². The van der Waals surface area contributed by atoms with Crippen molar-refractivity contribution in [1.82, 2.24) is 19.9 Å². The Kier molecular flexibility index (Phi) is 3.74. The van der Waals surface area contributed by atoms with E-state index in [4.69, 9.17) is 11.6 Å². The van der Waals surface area contributed by atoms with E-state index in [1.54, 1.807) is 16.8 Å². The number of nitrogens with zero attached hydrogens (tertiary/aromatic N) is 5. The van der Waals surface area contributed by atoms with Crippen LogP contribution in [-0.2, 0) is 6.54 Å². The van der Waals surface area contributed by atoms with Crippen molar-refractivity contribution >= 4 is 34.8 Å². The number of thiazole rings is 1. The van der Waals surface area contributed by atoms with Gasteiger partial charge in [0.25, 0.3) is 0 Å². The van der Waals surface area contributed by atoms with Gasteiger partial charge in [0.2, 0.25) is 17.2 Å². The van der Waals surface area contributed by atoms with Gasteiger partial charge in [-0.1, -0.05) is 0 Å². The van der Waals surface area contributed by atoms with Gasteiger partial charge in [0.1, 0.15) is 0 Å². The van der Waals surface area contributed by atoms with Crippen LogP contribution in [0.2, 0.25) is 5.28 Å². The maximum atomic E-state index is 5.95. The maximum Gasteiger partial charge on any atom is 0.231 e. The van der Waals surface area contributed by atoms with Crippen LogP contribution in [0.25, 0.3) is 0 Å². The Labute approximate surface area is 119 Å². The van der Waals surface area contributed by atoms with Gasteiger partial charge in [-0.3, -0.25) is 4.98 Å². The molecule has 0 unspecified atom stereocenters. The fourth-order valence-electron chi connectivity index (χ4n) is 1.97. The molecule has 0 aliphatic carbocycles. The van der Waals surface area contributed by atoms with E-state index < -0.39 is 0 Å². The second kappa shape index (κ2) is 5.66. The smallest absolute Gasteiger partial charge is 0.231 e. The molecule has 3 heterocycles. The molecular formula is C11H13ClN6S. The molecule has 1 aliphatic rings. The van der Waals surface area contributed by atoms with Gasteiger partial charge in [0, 0.05) is 24.2 Å². The third-order valence-corrected chi connectivity index (χ3v) is 3.84. The van der Waals surface area contributed by atoms with E-state index in [2.05, 4.69) is 30.2 Å². The van der Waals surface area contributed by atoms with E-state index >= 15 is 0 Å². The van der Waals surface area contributed by atoms with Crippen LogP contribution in [0.1, 0.15) is 17.7 Å². The molecule has 0 radical (unpaired) electrons. The van der Waals surface area contributed by atoms with Gasteiger partial charge in [-0.15, -0.1) is 11.3 Å². The minimum atomic E-state index is 0.226. The Bertz CT molecular complexity index is 540. The normalized spacial score (nSPS) is 14.9. The molecule has 0 saturated carbocycles. The van der Waals surface area contributed by atoms with Crippen molar-refractivity contribution in [2.45, 2.75) is 19.4 Å². The molecule has 1 fully saturated rings. The number of hydrogen-bond acceptors (Lipinski definition) is 7. The van der Waals surface area contributed by atoms with Crippen molar-refractivity contribution in [3.63, 3.8) is 0 Å². The number of nitrogens with one attached hydrogen (secondary N) is 1. The molecule has 19 heavy (non-hydrogen) atoms. The third kappa shape index (κ3) is 3.10. The van der Waals surface area contributed by atoms with Gasteiger partial charge in [-0.25, -0.2) is 0 Å². The fraction of sp³-hybridized carbons (Fsp3) is 0.455. The number of anilines is 2. The molecule has 3 rings (SSSR count). The summed E-state index contributed by atoms with van der Waals surface area (Å²) in [6.45, 7) is 2.60. The van der Waals surface area contributed by atoms with Gasteiger partial charge >= 0.3 is 0 Å². The summed E-state index contributed by atoms with van der Waals surface area (Å²) in [5.74, 6) is 1.17. The van der Waals surface area contributed by atoms with E-state index in [-0.39, 0.29) is 5.28 Å². The molecule has 2 aromatic rings. The number of hydrogen-bond donors (Lipinski definition) is 1. The summed E-state index contributed by atoms with van der Waals surface area (Å²) in [4.78, 5) is 20.0. The van der Waals surface area contributed by atoms with E-state index in [9.17, 15) is 0 Å². The first-order chi connectivity index (χ1) is 9.31. The van der Waals surface area contributed by atoms with E-state index in [0.29, 0.717) is 18.4 Å². The average Bonchev–Trinajstić information content (AvgIpc) is 3.09. The van der Waals surface area contributed by atoms with Crippen LogP contribution in [0.3, 0.4) is 0 Å². The molecule has 8 heteroatoms. The molecular weight excluding hydrogens is 284 g/mol. The zero-order chi connectivity index (χ0) is 13.1. The van der Waals surface area contributed by atoms with Crippen LogP contribution >= 0.6 is 22.9 Å². The first-order valence-electron chi connectivity index (χ1n) is 6.09. The summed E-state index contributed by atoms with van der Waals surface area (Å²) in [5.41, 5.74) is 1.80. The van der Waals surface area contributed by atoms with Crippen LogP contribution in [-0.4, -0.2) is 33.0 Å². The highest BCUT2D eigenvalue weighted by atomic mass is 35.5. The summed E-state index contributed by atoms with van der Waals surface area (Å²) in [6.07, 6.45) is 4.17. The first-order valence-corrected chi connectivity index (χ1v) is 7.35. The minimum Gasteiger partial charge on any atom is -0.349 e. The minimum absolute atomic E-state index is 0.226. The molecule has 100 valence electrons. The highest BCUT2D eigenvalue weighted by molar-refractivity contribution is 7.09. The van der Waals surface area contributed by atoms with Crippen molar-refractivity contribution < 1.29 is 0 Å². The number of rotatable bonds is 4.